The molecule has 186 valence electrons. The van der Waals surface area contributed by atoms with E-state index < -0.39 is 0 Å². The second kappa shape index (κ2) is 10.8. The van der Waals surface area contributed by atoms with Crippen molar-refractivity contribution in [2.75, 3.05) is 19.7 Å². The summed E-state index contributed by atoms with van der Waals surface area (Å²) in [6.45, 7) is 6.26. The number of fused-ring (bicyclic) bond motifs is 4. The highest BCUT2D eigenvalue weighted by molar-refractivity contribution is 9.10. The Kier molecular flexibility index (Phi) is 7.34. The number of amides is 1. The molecule has 0 saturated carbocycles. The third-order valence-corrected chi connectivity index (χ3v) is 7.51. The molecule has 2 aliphatic heterocycles. The molecule has 2 aromatic carbocycles. The Morgan fingerprint density at radius 3 is 2.83 bits per heavy atom. The maximum atomic E-state index is 12.3. The third kappa shape index (κ3) is 5.44. The predicted molar refractivity (Wildman–Crippen MR) is 143 cm³/mol. The van der Waals surface area contributed by atoms with Crippen LogP contribution in [0.5, 0.6) is 5.75 Å². The number of aromatic nitrogens is 1. The van der Waals surface area contributed by atoms with Gasteiger partial charge in [-0.3, -0.25) is 9.59 Å². The van der Waals surface area contributed by atoms with Gasteiger partial charge in [0.15, 0.2) is 0 Å². The average molecular weight is 550 g/mol. The van der Waals surface area contributed by atoms with Gasteiger partial charge in [-0.1, -0.05) is 22.0 Å². The fourth-order valence-electron chi connectivity index (χ4n) is 5.48. The van der Waals surface area contributed by atoms with Crippen LogP contribution in [0, 0.1) is 5.92 Å². The number of carbonyl (C=O) groups is 1. The van der Waals surface area contributed by atoms with Crippen LogP contribution < -0.4 is 20.6 Å². The summed E-state index contributed by atoms with van der Waals surface area (Å²) in [6, 6.07) is 18.8. The van der Waals surface area contributed by atoms with E-state index in [9.17, 15) is 9.59 Å². The Bertz CT molecular complexity index is 1340. The number of ether oxygens (including phenoxy) is 1. The standard InChI is InChI=1S/C28H29BrN4O3/c1-2-36-26-11-6-19(14-30-31-28(35)21-7-9-24(29)10-8-21)12-23(26)18-32-15-20-13-22(17-32)25-4-3-5-27(34)33(25)16-20/h3-12,14,20,22H,2,13,15-18H2,1H3,(H,31,35)/p+1. The van der Waals surface area contributed by atoms with Gasteiger partial charge in [-0.15, -0.1) is 0 Å². The Morgan fingerprint density at radius 2 is 2.03 bits per heavy atom. The largest absolute Gasteiger partial charge is 0.493 e. The molecule has 36 heavy (non-hydrogen) atoms. The van der Waals surface area contributed by atoms with Crippen LogP contribution in [0.1, 0.15) is 46.4 Å². The normalized spacial score (nSPS) is 20.7. The van der Waals surface area contributed by atoms with Gasteiger partial charge in [-0.2, -0.15) is 5.10 Å². The summed E-state index contributed by atoms with van der Waals surface area (Å²) < 4.78 is 8.82. The maximum absolute atomic E-state index is 12.3. The van der Waals surface area contributed by atoms with E-state index in [0.29, 0.717) is 24.0 Å². The first-order valence-electron chi connectivity index (χ1n) is 12.4. The molecule has 0 aliphatic carbocycles. The number of nitrogens with zero attached hydrogens (tertiary/aromatic N) is 2. The van der Waals surface area contributed by atoms with Crippen molar-refractivity contribution < 1.29 is 14.4 Å². The molecule has 2 N–H and O–H groups in total. The molecule has 1 saturated heterocycles. The van der Waals surface area contributed by atoms with Crippen LogP contribution in [-0.2, 0) is 13.1 Å². The number of piperidine rings is 1. The molecule has 3 unspecified atom stereocenters. The maximum Gasteiger partial charge on any atom is 0.271 e. The minimum absolute atomic E-state index is 0.114. The van der Waals surface area contributed by atoms with Crippen LogP contribution >= 0.6 is 15.9 Å². The number of benzene rings is 2. The Labute approximate surface area is 218 Å². The number of pyridine rings is 1. The summed E-state index contributed by atoms with van der Waals surface area (Å²) in [7, 11) is 0. The SMILES string of the molecule is CCOc1ccc(C=NNC(=O)c2ccc(Br)cc2)cc1C[NH+]1CC2CC(C1)c1cccc(=O)n1C2. The number of hydrogen-bond donors (Lipinski definition) is 2. The zero-order valence-corrected chi connectivity index (χ0v) is 21.8. The molecule has 2 bridgehead atoms. The van der Waals surface area contributed by atoms with E-state index in [4.69, 9.17) is 4.74 Å². The monoisotopic (exact) mass is 549 g/mol. The van der Waals surface area contributed by atoms with Crippen molar-refractivity contribution in [1.29, 1.82) is 0 Å². The number of quaternary nitrogens is 1. The summed E-state index contributed by atoms with van der Waals surface area (Å²) in [5, 5.41) is 4.17. The van der Waals surface area contributed by atoms with Crippen LogP contribution in [-0.4, -0.2) is 36.4 Å². The Hall–Kier alpha value is -3.23. The fraction of sp³-hybridized carbons (Fsp3) is 0.321. The Balaban J connectivity index is 1.29. The summed E-state index contributed by atoms with van der Waals surface area (Å²) in [6.07, 6.45) is 2.81. The van der Waals surface area contributed by atoms with Crippen LogP contribution in [0.2, 0.25) is 0 Å². The van der Waals surface area contributed by atoms with Gasteiger partial charge in [0.05, 0.1) is 25.9 Å². The molecule has 1 fully saturated rings. The smallest absolute Gasteiger partial charge is 0.271 e. The van der Waals surface area contributed by atoms with Crippen molar-refractivity contribution in [3.8, 4) is 5.75 Å². The highest BCUT2D eigenvalue weighted by Gasteiger charge is 2.37. The fourth-order valence-corrected chi connectivity index (χ4v) is 5.74. The second-order valence-corrected chi connectivity index (χ2v) is 10.5. The quantitative estimate of drug-likeness (QED) is 0.351. The molecule has 3 aromatic rings. The van der Waals surface area contributed by atoms with E-state index in [1.807, 2.05) is 41.8 Å². The molecular formula is C28H30BrN4O3+. The first-order chi connectivity index (χ1) is 17.5. The topological polar surface area (TPSA) is 77.1 Å². The summed E-state index contributed by atoms with van der Waals surface area (Å²) in [5.41, 5.74) is 6.46. The van der Waals surface area contributed by atoms with Gasteiger partial charge in [-0.25, -0.2) is 5.43 Å². The van der Waals surface area contributed by atoms with Crippen molar-refractivity contribution in [2.45, 2.75) is 32.4 Å². The van der Waals surface area contributed by atoms with Gasteiger partial charge >= 0.3 is 0 Å². The summed E-state index contributed by atoms with van der Waals surface area (Å²) in [4.78, 5) is 26.2. The molecule has 7 nitrogen and oxygen atoms in total. The lowest BCUT2D eigenvalue weighted by molar-refractivity contribution is -0.924. The number of hydrogen-bond acceptors (Lipinski definition) is 4. The van der Waals surface area contributed by atoms with Crippen LogP contribution in [0.3, 0.4) is 0 Å². The van der Waals surface area contributed by atoms with Crippen LogP contribution in [0.25, 0.3) is 0 Å². The molecule has 3 atom stereocenters. The highest BCUT2D eigenvalue weighted by atomic mass is 79.9. The van der Waals surface area contributed by atoms with Gasteiger partial charge < -0.3 is 14.2 Å². The third-order valence-electron chi connectivity index (χ3n) is 6.98. The summed E-state index contributed by atoms with van der Waals surface area (Å²) in [5.74, 6) is 1.53. The molecule has 5 rings (SSSR count). The number of nitrogens with one attached hydrogen (secondary N) is 2. The van der Waals surface area contributed by atoms with E-state index in [2.05, 4.69) is 38.6 Å². The van der Waals surface area contributed by atoms with E-state index in [1.54, 1.807) is 24.4 Å². The van der Waals surface area contributed by atoms with E-state index in [1.165, 1.54) is 10.6 Å². The lowest BCUT2D eigenvalue weighted by Gasteiger charge is -2.40. The lowest BCUT2D eigenvalue weighted by atomic mass is 9.83. The van der Waals surface area contributed by atoms with Crippen molar-refractivity contribution in [3.63, 3.8) is 0 Å². The average Bonchev–Trinajstić information content (AvgIpc) is 2.87. The van der Waals surface area contributed by atoms with Gasteiger partial charge in [0.2, 0.25) is 0 Å². The summed E-state index contributed by atoms with van der Waals surface area (Å²) >= 11 is 3.37. The van der Waals surface area contributed by atoms with Gasteiger partial charge in [0.1, 0.15) is 12.3 Å². The number of carbonyl (C=O) groups excluding carboxylic acids is 1. The van der Waals surface area contributed by atoms with Crippen LogP contribution in [0.4, 0.5) is 0 Å². The number of likely N-dealkylation sites (tertiary alicyclic amines) is 1. The molecular weight excluding hydrogens is 520 g/mol. The highest BCUT2D eigenvalue weighted by Crippen LogP contribution is 2.30. The Morgan fingerprint density at radius 1 is 1.19 bits per heavy atom. The second-order valence-electron chi connectivity index (χ2n) is 9.54. The van der Waals surface area contributed by atoms with Crippen molar-refractivity contribution >= 4 is 28.1 Å². The number of rotatable bonds is 7. The molecule has 0 radical (unpaired) electrons. The minimum atomic E-state index is -0.256. The van der Waals surface area contributed by atoms with Crippen molar-refractivity contribution in [3.05, 3.63) is 97.9 Å². The molecule has 8 heteroatoms. The van der Waals surface area contributed by atoms with Crippen LogP contribution in [0.15, 0.2) is 75.0 Å². The van der Waals surface area contributed by atoms with Crippen molar-refractivity contribution in [2.24, 2.45) is 11.0 Å². The molecule has 1 aromatic heterocycles. The molecule has 0 spiro atoms. The molecule has 2 aliphatic rings. The number of halogens is 1. The van der Waals surface area contributed by atoms with Gasteiger partial charge in [-0.05, 0) is 67.4 Å². The van der Waals surface area contributed by atoms with Crippen molar-refractivity contribution in [1.82, 2.24) is 9.99 Å². The zero-order chi connectivity index (χ0) is 25.1. The minimum Gasteiger partial charge on any atom is -0.493 e. The molecule has 3 heterocycles. The number of hydrazone groups is 1. The lowest BCUT2D eigenvalue weighted by Crippen LogP contribution is -3.13. The van der Waals surface area contributed by atoms with E-state index >= 15 is 0 Å². The first kappa shape index (κ1) is 24.5. The first-order valence-corrected chi connectivity index (χ1v) is 13.2. The van der Waals surface area contributed by atoms with Gasteiger partial charge in [0, 0.05) is 45.7 Å². The van der Waals surface area contributed by atoms with E-state index in [0.717, 1.165) is 53.9 Å². The zero-order valence-electron chi connectivity index (χ0n) is 20.2. The predicted octanol–water partition coefficient (Wildman–Crippen LogP) is 2.98. The van der Waals surface area contributed by atoms with Gasteiger partial charge in [0.25, 0.3) is 11.5 Å². The van der Waals surface area contributed by atoms with E-state index in [-0.39, 0.29) is 11.5 Å². The molecule has 1 amide bonds.